The maximum atomic E-state index is 8.34. The normalized spacial score (nSPS) is 0.333. The predicted molar refractivity (Wildman–Crippen MR) is 22.9 cm³/mol. The summed E-state index contributed by atoms with van der Waals surface area (Å²) in [5.74, 6) is 0. The van der Waals surface area contributed by atoms with Gasteiger partial charge in [-0.1, -0.05) is 0 Å². The van der Waals surface area contributed by atoms with E-state index in [1.165, 1.54) is 0 Å². The summed E-state index contributed by atoms with van der Waals surface area (Å²) in [6, 6.07) is 0. The van der Waals surface area contributed by atoms with Crippen molar-refractivity contribution in [3.8, 4) is 0 Å². The molecule has 0 saturated heterocycles. The van der Waals surface area contributed by atoms with Crippen molar-refractivity contribution in [2.75, 3.05) is 0 Å². The van der Waals surface area contributed by atoms with Crippen LogP contribution in [0.3, 0.4) is 0 Å². The Balaban J connectivity index is -0.000000000238. The van der Waals surface area contributed by atoms with E-state index in [1.54, 1.807) is 0 Å². The van der Waals surface area contributed by atoms with E-state index < -0.39 is 0 Å². The molecule has 0 fully saturated rings. The minimum atomic E-state index is 0. The van der Waals surface area contributed by atoms with Crippen LogP contribution < -0.4 is 0 Å². The average molecular weight is 267 g/mol. The van der Waals surface area contributed by atoms with Gasteiger partial charge in [0.2, 0.25) is 0 Å². The van der Waals surface area contributed by atoms with Crippen molar-refractivity contribution < 1.29 is 55.8 Å². The standard InChI is InChI=1S/6FH.K.O.Zr.H/h6*1H;;;;. The van der Waals surface area contributed by atoms with Crippen molar-refractivity contribution >= 4 is 51.4 Å². The third-order valence-electron chi connectivity index (χ3n) is 0. The molecule has 0 aromatic heterocycles. The second-order valence-electron chi connectivity index (χ2n) is 0. The Hall–Kier alpha value is 1.90. The summed E-state index contributed by atoms with van der Waals surface area (Å²) < 4.78 is 8.34. The summed E-state index contributed by atoms with van der Waals surface area (Å²) in [6.45, 7) is 0. The molecule has 0 aromatic carbocycles. The van der Waals surface area contributed by atoms with E-state index in [2.05, 4.69) is 0 Å². The molecule has 0 aromatic rings. The molecule has 0 aliphatic heterocycles. The summed E-state index contributed by atoms with van der Waals surface area (Å²) in [6.07, 6.45) is 0. The zero-order valence-corrected chi connectivity index (χ0v) is 5.82. The Labute approximate surface area is 105 Å². The summed E-state index contributed by atoms with van der Waals surface area (Å²) >= 11 is 0.300. The molecule has 0 rings (SSSR count). The zero-order chi connectivity index (χ0) is 2.00. The van der Waals surface area contributed by atoms with Gasteiger partial charge >= 0.3 is 78.9 Å². The van der Waals surface area contributed by atoms with E-state index in [0.717, 1.165) is 0 Å². The monoisotopic (exact) mass is 266 g/mol. The first kappa shape index (κ1) is 127. The van der Waals surface area contributed by atoms with E-state index in [1.807, 2.05) is 0 Å². The molecule has 0 bridgehead atoms. The quantitative estimate of drug-likeness (QED) is 0.451. The molecular formula is H7F6KOZr. The van der Waals surface area contributed by atoms with Crippen LogP contribution in [0.1, 0.15) is 0 Å². The third-order valence-corrected chi connectivity index (χ3v) is 0. The molecule has 1 nitrogen and oxygen atoms in total. The molecule has 0 saturated carbocycles. The molecular weight excluding hydrogens is 260 g/mol. The fourth-order valence-electron chi connectivity index (χ4n) is 0. The van der Waals surface area contributed by atoms with Crippen molar-refractivity contribution in [3.05, 3.63) is 0 Å². The number of hydrogen-bond acceptors (Lipinski definition) is 1. The van der Waals surface area contributed by atoms with Crippen LogP contribution >= 0.6 is 0 Å². The van der Waals surface area contributed by atoms with Crippen molar-refractivity contribution in [1.82, 2.24) is 0 Å². The SMILES string of the molecule is F.F.F.F.F.F.[KH].[O]=[Zr]. The molecule has 0 N–H and O–H groups in total. The van der Waals surface area contributed by atoms with Gasteiger partial charge in [0.1, 0.15) is 0 Å². The fourth-order valence-corrected chi connectivity index (χ4v) is 0. The Morgan fingerprint density at radius 2 is 0.556 bits per heavy atom. The third kappa shape index (κ3) is 171. The maximum absolute atomic E-state index is 8.34. The molecule has 0 atom stereocenters. The molecule has 0 amide bonds. The zero-order valence-electron chi connectivity index (χ0n) is 3.36. The number of rotatable bonds is 0. The van der Waals surface area contributed by atoms with E-state index in [0.29, 0.717) is 24.7 Å². The Morgan fingerprint density at radius 3 is 0.556 bits per heavy atom. The molecule has 60 valence electrons. The van der Waals surface area contributed by atoms with Crippen LogP contribution in [0.4, 0.5) is 28.2 Å². The Kier molecular flexibility index (Phi) is 3070. The van der Waals surface area contributed by atoms with E-state index in [9.17, 15) is 0 Å². The van der Waals surface area contributed by atoms with Gasteiger partial charge in [-0.3, -0.25) is 28.2 Å². The van der Waals surface area contributed by atoms with E-state index in [4.69, 9.17) is 2.81 Å². The van der Waals surface area contributed by atoms with Gasteiger partial charge in [0.05, 0.1) is 0 Å². The summed E-state index contributed by atoms with van der Waals surface area (Å²) in [5, 5.41) is 0. The molecule has 9 heteroatoms. The van der Waals surface area contributed by atoms with Crippen LogP contribution in [-0.2, 0) is 27.5 Å². The molecule has 0 aliphatic rings. The summed E-state index contributed by atoms with van der Waals surface area (Å²) in [5.41, 5.74) is 0. The van der Waals surface area contributed by atoms with Gasteiger partial charge in [-0.15, -0.1) is 0 Å². The van der Waals surface area contributed by atoms with Gasteiger partial charge < -0.3 is 0 Å². The van der Waals surface area contributed by atoms with E-state index >= 15 is 0 Å². The topological polar surface area (TPSA) is 17.1 Å². The molecule has 0 radical (unpaired) electrons. The Bertz CT molecular complexity index is 13.0. The van der Waals surface area contributed by atoms with Gasteiger partial charge in [0.25, 0.3) is 0 Å². The van der Waals surface area contributed by atoms with Gasteiger partial charge in [0.15, 0.2) is 0 Å². The van der Waals surface area contributed by atoms with Crippen molar-refractivity contribution in [2.45, 2.75) is 0 Å². The minimum absolute atomic E-state index is 0. The fraction of sp³-hybridized carbons (Fsp3) is 0. The van der Waals surface area contributed by atoms with Crippen LogP contribution in [0.2, 0.25) is 0 Å². The average Bonchev–Trinajstić information content (AvgIpc) is 1.00. The van der Waals surface area contributed by atoms with Crippen LogP contribution in [0.25, 0.3) is 0 Å². The number of hydrogen-bond donors (Lipinski definition) is 0. The van der Waals surface area contributed by atoms with Crippen molar-refractivity contribution in [2.24, 2.45) is 0 Å². The van der Waals surface area contributed by atoms with Crippen LogP contribution in [0.5, 0.6) is 0 Å². The second kappa shape index (κ2) is 217. The predicted octanol–water partition coefficient (Wildman–Crippen LogP) is 0.145. The van der Waals surface area contributed by atoms with Gasteiger partial charge in [-0.2, -0.15) is 0 Å². The van der Waals surface area contributed by atoms with Crippen LogP contribution in [-0.4, -0.2) is 51.4 Å². The number of halogens is 6. The van der Waals surface area contributed by atoms with Crippen molar-refractivity contribution in [1.29, 1.82) is 0 Å². The van der Waals surface area contributed by atoms with Gasteiger partial charge in [0, 0.05) is 0 Å². The molecule has 0 unspecified atom stereocenters. The first-order valence-electron chi connectivity index (χ1n) is 0.204. The molecule has 0 heterocycles. The Morgan fingerprint density at radius 1 is 0.556 bits per heavy atom. The van der Waals surface area contributed by atoms with Crippen LogP contribution in [0, 0.1) is 0 Å². The molecule has 0 aliphatic carbocycles. The summed E-state index contributed by atoms with van der Waals surface area (Å²) in [7, 11) is 0. The first-order chi connectivity index (χ1) is 1.00. The molecule has 0 spiro atoms. The van der Waals surface area contributed by atoms with Gasteiger partial charge in [-0.05, 0) is 0 Å². The first-order valence-corrected chi connectivity index (χ1v) is 1.21. The van der Waals surface area contributed by atoms with Crippen molar-refractivity contribution in [3.63, 3.8) is 0 Å². The molecule has 9 heavy (non-hydrogen) atoms. The second-order valence-corrected chi connectivity index (χ2v) is 0. The summed E-state index contributed by atoms with van der Waals surface area (Å²) in [4.78, 5) is 0. The van der Waals surface area contributed by atoms with Gasteiger partial charge in [-0.25, -0.2) is 0 Å². The van der Waals surface area contributed by atoms with E-state index in [-0.39, 0.29) is 79.6 Å². The van der Waals surface area contributed by atoms with Crippen LogP contribution in [0.15, 0.2) is 0 Å².